The molecule has 0 saturated carbocycles. The van der Waals surface area contributed by atoms with Crippen LogP contribution in [0.1, 0.15) is 46.2 Å². The average molecular weight is 510 g/mol. The van der Waals surface area contributed by atoms with Crippen LogP contribution in [0.2, 0.25) is 0 Å². The lowest BCUT2D eigenvalue weighted by Crippen LogP contribution is -2.47. The van der Waals surface area contributed by atoms with Crippen LogP contribution >= 0.6 is 0 Å². The summed E-state index contributed by atoms with van der Waals surface area (Å²) in [5.74, 6) is -0.901. The molecule has 0 fully saturated rings. The van der Waals surface area contributed by atoms with Crippen molar-refractivity contribution < 1.29 is 38.4 Å². The first-order valence-corrected chi connectivity index (χ1v) is 11.6. The highest BCUT2D eigenvalue weighted by Gasteiger charge is 2.52. The van der Waals surface area contributed by atoms with Crippen LogP contribution in [0.3, 0.4) is 0 Å². The molecule has 2 atom stereocenters. The van der Waals surface area contributed by atoms with Gasteiger partial charge in [0.25, 0.3) is 5.91 Å². The number of hydrogen-bond acceptors (Lipinski definition) is 9. The Morgan fingerprint density at radius 3 is 2.41 bits per heavy atom. The first-order chi connectivity index (χ1) is 17.6. The summed E-state index contributed by atoms with van der Waals surface area (Å²) in [4.78, 5) is 44.2. The Hall–Kier alpha value is -4.41. The second-order valence-electron chi connectivity index (χ2n) is 9.26. The number of nitrogens with zero attached hydrogens (tertiary/aromatic N) is 1. The van der Waals surface area contributed by atoms with Gasteiger partial charge in [0.1, 0.15) is 11.4 Å². The molecule has 0 spiro atoms. The van der Waals surface area contributed by atoms with E-state index in [4.69, 9.17) is 18.9 Å². The lowest BCUT2D eigenvalue weighted by Gasteiger charge is -2.20. The number of carbonyl (C=O) groups excluding carboxylic acids is 3. The third kappa shape index (κ3) is 3.23. The number of carbonyl (C=O) groups is 3. The second kappa shape index (κ2) is 8.32. The van der Waals surface area contributed by atoms with E-state index >= 15 is 0 Å². The average Bonchev–Trinajstić information content (AvgIpc) is 3.54. The van der Waals surface area contributed by atoms with Crippen LogP contribution in [0.15, 0.2) is 18.2 Å². The summed E-state index contributed by atoms with van der Waals surface area (Å²) in [5, 5.41) is 14.3. The molecule has 1 amide bonds. The number of amides is 1. The molecule has 194 valence electrons. The highest BCUT2D eigenvalue weighted by atomic mass is 16.5. The molecule has 0 aliphatic carbocycles. The van der Waals surface area contributed by atoms with Crippen LogP contribution in [0, 0.1) is 0 Å². The molecule has 1 aromatic heterocycles. The Kier molecular flexibility index (Phi) is 5.47. The van der Waals surface area contributed by atoms with Crippen molar-refractivity contribution in [3.8, 4) is 23.0 Å². The maximum atomic E-state index is 13.7. The number of Topliss-reactive ketones (excluding diaryl/α,β-unsaturated/α-hetero) is 1. The number of H-pyrrole nitrogens is 1. The first kappa shape index (κ1) is 24.3. The number of fused-ring (bicyclic) bond motifs is 4. The number of hydrogen-bond donors (Lipinski definition) is 3. The van der Waals surface area contributed by atoms with Crippen molar-refractivity contribution >= 4 is 39.9 Å². The predicted octanol–water partition coefficient (Wildman–Crippen LogP) is 3.20. The van der Waals surface area contributed by atoms with Crippen LogP contribution in [-0.4, -0.2) is 68.3 Å². The lowest BCUT2D eigenvalue weighted by molar-refractivity contribution is -0.143. The molecule has 5 rings (SSSR count). The van der Waals surface area contributed by atoms with Gasteiger partial charge in [0.2, 0.25) is 11.5 Å². The zero-order valence-electron chi connectivity index (χ0n) is 21.3. The Bertz CT molecular complexity index is 1490. The number of rotatable bonds is 5. The summed E-state index contributed by atoms with van der Waals surface area (Å²) in [6, 6.07) is 4.86. The molecule has 37 heavy (non-hydrogen) atoms. The highest BCUT2D eigenvalue weighted by molar-refractivity contribution is 6.26. The van der Waals surface area contributed by atoms with Gasteiger partial charge in [-0.3, -0.25) is 9.59 Å². The zero-order valence-corrected chi connectivity index (χ0v) is 21.3. The minimum Gasteiger partial charge on any atom is -0.506 e. The standard InChI is InChI=1S/C26H27N3O8/c1-11-10-29(14-9-15(30)20-18(17(11)14)23(31)26(2,28-20)25(33)37-6)24(32)13-7-12-8-16(34-3)21(35-4)22(36-5)19(12)27-13/h7-9,11,27-28,30H,10H2,1-6H3. The largest absolute Gasteiger partial charge is 0.506 e. The topological polar surface area (TPSA) is 139 Å². The lowest BCUT2D eigenvalue weighted by atomic mass is 9.89. The van der Waals surface area contributed by atoms with Crippen LogP contribution in [-0.2, 0) is 9.53 Å². The van der Waals surface area contributed by atoms with Gasteiger partial charge in [0.15, 0.2) is 17.0 Å². The molecule has 3 N–H and O–H groups in total. The molecule has 2 aliphatic rings. The molecular weight excluding hydrogens is 482 g/mol. The number of nitrogens with one attached hydrogen (secondary N) is 2. The third-order valence-corrected chi connectivity index (χ3v) is 7.11. The molecular formula is C26H27N3O8. The molecule has 0 saturated heterocycles. The summed E-state index contributed by atoms with van der Waals surface area (Å²) >= 11 is 0. The van der Waals surface area contributed by atoms with Gasteiger partial charge in [-0.1, -0.05) is 6.92 Å². The Morgan fingerprint density at radius 2 is 1.78 bits per heavy atom. The number of methoxy groups -OCH3 is 4. The summed E-state index contributed by atoms with van der Waals surface area (Å²) in [7, 11) is 5.69. The number of anilines is 2. The number of phenolic OH excluding ortho intramolecular Hbond substituents is 1. The number of esters is 1. The number of aromatic nitrogens is 1. The van der Waals surface area contributed by atoms with Gasteiger partial charge in [0, 0.05) is 23.9 Å². The molecule has 2 aromatic carbocycles. The van der Waals surface area contributed by atoms with Gasteiger partial charge < -0.3 is 39.3 Å². The van der Waals surface area contributed by atoms with Gasteiger partial charge in [-0.05, 0) is 24.6 Å². The van der Waals surface area contributed by atoms with Crippen molar-refractivity contribution in [2.24, 2.45) is 0 Å². The zero-order chi connectivity index (χ0) is 26.8. The summed E-state index contributed by atoms with van der Waals surface area (Å²) in [6.07, 6.45) is 0. The number of ketones is 1. The minimum absolute atomic E-state index is 0.160. The Labute approximate surface area is 212 Å². The predicted molar refractivity (Wildman–Crippen MR) is 135 cm³/mol. The number of ether oxygens (including phenoxy) is 4. The van der Waals surface area contributed by atoms with E-state index in [0.29, 0.717) is 39.4 Å². The summed E-state index contributed by atoms with van der Waals surface area (Å²) in [5.41, 5.74) is 0.494. The number of aromatic amines is 1. The van der Waals surface area contributed by atoms with Crippen molar-refractivity contribution in [2.45, 2.75) is 25.3 Å². The molecule has 11 nitrogen and oxygen atoms in total. The first-order valence-electron chi connectivity index (χ1n) is 11.6. The second-order valence-corrected chi connectivity index (χ2v) is 9.26. The Balaban J connectivity index is 1.61. The van der Waals surface area contributed by atoms with Crippen LogP contribution in [0.4, 0.5) is 11.4 Å². The quantitative estimate of drug-likeness (QED) is 0.269. The maximum Gasteiger partial charge on any atom is 0.339 e. The van der Waals surface area contributed by atoms with Crippen LogP contribution in [0.25, 0.3) is 10.9 Å². The number of benzene rings is 2. The van der Waals surface area contributed by atoms with Gasteiger partial charge in [-0.15, -0.1) is 0 Å². The van der Waals surface area contributed by atoms with Crippen LogP contribution in [0.5, 0.6) is 23.0 Å². The summed E-state index contributed by atoms with van der Waals surface area (Å²) < 4.78 is 21.2. The Morgan fingerprint density at radius 1 is 1.08 bits per heavy atom. The van der Waals surface area contributed by atoms with E-state index in [2.05, 4.69) is 10.3 Å². The summed E-state index contributed by atoms with van der Waals surface area (Å²) in [6.45, 7) is 3.57. The van der Waals surface area contributed by atoms with E-state index in [0.717, 1.165) is 0 Å². The number of phenols is 1. The van der Waals surface area contributed by atoms with E-state index in [9.17, 15) is 19.5 Å². The molecule has 3 aromatic rings. The minimum atomic E-state index is -1.67. The monoisotopic (exact) mass is 509 g/mol. The van der Waals surface area contributed by atoms with Gasteiger partial charge in [-0.2, -0.15) is 0 Å². The maximum absolute atomic E-state index is 13.7. The van der Waals surface area contributed by atoms with Crippen molar-refractivity contribution in [1.82, 2.24) is 4.98 Å². The molecule has 3 heterocycles. The molecule has 2 aliphatic heterocycles. The smallest absolute Gasteiger partial charge is 0.339 e. The van der Waals surface area contributed by atoms with Gasteiger partial charge >= 0.3 is 5.97 Å². The molecule has 0 radical (unpaired) electrons. The molecule has 0 bridgehead atoms. The van der Waals surface area contributed by atoms with Gasteiger partial charge in [-0.25, -0.2) is 4.79 Å². The van der Waals surface area contributed by atoms with Crippen molar-refractivity contribution in [2.75, 3.05) is 45.2 Å². The normalized spacial score (nSPS) is 19.9. The fourth-order valence-electron chi connectivity index (χ4n) is 5.32. The third-order valence-electron chi connectivity index (χ3n) is 7.11. The van der Waals surface area contributed by atoms with E-state index in [1.807, 2.05) is 6.92 Å². The fourth-order valence-corrected chi connectivity index (χ4v) is 5.32. The van der Waals surface area contributed by atoms with E-state index in [1.165, 1.54) is 46.3 Å². The fraction of sp³-hybridized carbons (Fsp3) is 0.346. The van der Waals surface area contributed by atoms with Crippen molar-refractivity contribution in [3.63, 3.8) is 0 Å². The van der Waals surface area contributed by atoms with Crippen molar-refractivity contribution in [1.29, 1.82) is 0 Å². The van der Waals surface area contributed by atoms with E-state index in [1.54, 1.807) is 12.1 Å². The van der Waals surface area contributed by atoms with E-state index in [-0.39, 0.29) is 41.1 Å². The highest BCUT2D eigenvalue weighted by Crippen LogP contribution is 2.51. The SMILES string of the molecule is COC(=O)C1(C)Nc2c(O)cc3c(c2C1=O)C(C)CN3C(=O)c1cc2cc(OC)c(OC)c(OC)c2[nH]1. The number of aromatic hydroxyl groups is 1. The van der Waals surface area contributed by atoms with Gasteiger partial charge in [0.05, 0.1) is 50.9 Å². The molecule has 2 unspecified atom stereocenters. The van der Waals surface area contributed by atoms with Crippen molar-refractivity contribution in [3.05, 3.63) is 35.0 Å². The van der Waals surface area contributed by atoms with Crippen LogP contribution < -0.4 is 24.4 Å². The van der Waals surface area contributed by atoms with E-state index < -0.39 is 17.3 Å². The molecule has 11 heteroatoms.